The molecule has 1 unspecified atom stereocenters. The van der Waals surface area contributed by atoms with Gasteiger partial charge in [-0.2, -0.15) is 4.98 Å². The predicted molar refractivity (Wildman–Crippen MR) is 131 cm³/mol. The lowest BCUT2D eigenvalue weighted by molar-refractivity contribution is -0.121. The maximum atomic E-state index is 12.9. The van der Waals surface area contributed by atoms with Crippen molar-refractivity contribution in [2.24, 2.45) is 5.92 Å². The molecule has 3 aromatic rings. The van der Waals surface area contributed by atoms with Gasteiger partial charge in [-0.15, -0.1) is 0 Å². The van der Waals surface area contributed by atoms with Crippen LogP contribution in [0.1, 0.15) is 18.7 Å². The van der Waals surface area contributed by atoms with Crippen LogP contribution in [-0.4, -0.2) is 55.8 Å². The molecule has 2 heterocycles. The molecule has 1 aliphatic rings. The minimum absolute atomic E-state index is 0.105. The van der Waals surface area contributed by atoms with Crippen molar-refractivity contribution in [2.45, 2.75) is 19.4 Å². The van der Waals surface area contributed by atoms with E-state index in [0.717, 1.165) is 25.6 Å². The number of benzene rings is 2. The average Bonchev–Trinajstić information content (AvgIpc) is 3.26. The lowest BCUT2D eigenvalue weighted by Gasteiger charge is -2.31. The molecule has 1 amide bonds. The number of rotatable bonds is 7. The van der Waals surface area contributed by atoms with E-state index in [1.165, 1.54) is 11.4 Å². The number of aromatic nitrogens is 2. The number of carbonyl (C=O) groups is 1. The number of sulfonamides is 1. The molecule has 34 heavy (non-hydrogen) atoms. The molecule has 1 fully saturated rings. The van der Waals surface area contributed by atoms with E-state index in [2.05, 4.69) is 20.4 Å². The summed E-state index contributed by atoms with van der Waals surface area (Å²) in [5.41, 5.74) is 1.74. The van der Waals surface area contributed by atoms with E-state index in [9.17, 15) is 13.2 Å². The van der Waals surface area contributed by atoms with Crippen molar-refractivity contribution in [1.29, 1.82) is 0 Å². The zero-order chi connectivity index (χ0) is 24.3. The van der Waals surface area contributed by atoms with Crippen molar-refractivity contribution in [1.82, 2.24) is 15.0 Å². The summed E-state index contributed by atoms with van der Waals surface area (Å²) in [6.45, 7) is 1.82. The van der Waals surface area contributed by atoms with Gasteiger partial charge in [0, 0.05) is 24.8 Å². The molecule has 1 saturated heterocycles. The second-order valence-electron chi connectivity index (χ2n) is 8.34. The first-order valence-corrected chi connectivity index (χ1v) is 13.1. The SMILES string of the molecule is CN(c1cccc(NC(=O)C2CCCN(Cc3nc(-c4ccccc4Cl)no3)C2)c1)S(C)(=O)=O. The Morgan fingerprint density at radius 2 is 2.06 bits per heavy atom. The van der Waals surface area contributed by atoms with Crippen LogP contribution < -0.4 is 9.62 Å². The Labute approximate surface area is 203 Å². The monoisotopic (exact) mass is 503 g/mol. The number of piperidine rings is 1. The molecule has 1 aromatic heterocycles. The topological polar surface area (TPSA) is 109 Å². The second-order valence-corrected chi connectivity index (χ2v) is 10.8. The summed E-state index contributed by atoms with van der Waals surface area (Å²) in [7, 11) is -1.91. The van der Waals surface area contributed by atoms with Crippen molar-refractivity contribution in [3.05, 3.63) is 59.4 Å². The van der Waals surface area contributed by atoms with E-state index in [1.54, 1.807) is 30.3 Å². The summed E-state index contributed by atoms with van der Waals surface area (Å²) in [5.74, 6) is 0.584. The summed E-state index contributed by atoms with van der Waals surface area (Å²) in [6.07, 6.45) is 2.76. The molecule has 2 aromatic carbocycles. The van der Waals surface area contributed by atoms with Gasteiger partial charge >= 0.3 is 0 Å². The summed E-state index contributed by atoms with van der Waals surface area (Å²) < 4.78 is 30.2. The molecule has 0 spiro atoms. The highest BCUT2D eigenvalue weighted by Gasteiger charge is 2.27. The van der Waals surface area contributed by atoms with E-state index in [4.69, 9.17) is 16.1 Å². The molecule has 1 aliphatic heterocycles. The van der Waals surface area contributed by atoms with Gasteiger partial charge in [-0.25, -0.2) is 8.42 Å². The van der Waals surface area contributed by atoms with Crippen LogP contribution in [0.3, 0.4) is 0 Å². The molecule has 1 N–H and O–H groups in total. The first-order valence-electron chi connectivity index (χ1n) is 10.9. The number of hydrogen-bond acceptors (Lipinski definition) is 7. The minimum atomic E-state index is -3.39. The lowest BCUT2D eigenvalue weighted by Crippen LogP contribution is -2.40. The number of nitrogens with one attached hydrogen (secondary N) is 1. The van der Waals surface area contributed by atoms with Gasteiger partial charge in [-0.3, -0.25) is 14.0 Å². The molecule has 0 aliphatic carbocycles. The Morgan fingerprint density at radius 1 is 1.26 bits per heavy atom. The van der Waals surface area contributed by atoms with Gasteiger partial charge in [0.2, 0.25) is 27.6 Å². The highest BCUT2D eigenvalue weighted by Crippen LogP contribution is 2.26. The van der Waals surface area contributed by atoms with Crippen LogP contribution in [0.25, 0.3) is 11.4 Å². The van der Waals surface area contributed by atoms with Gasteiger partial charge in [0.15, 0.2) is 0 Å². The number of halogens is 1. The molecular weight excluding hydrogens is 478 g/mol. The second kappa shape index (κ2) is 10.1. The van der Waals surface area contributed by atoms with Gasteiger partial charge in [-0.1, -0.05) is 35.0 Å². The Bertz CT molecular complexity index is 1280. The van der Waals surface area contributed by atoms with Crippen LogP contribution in [-0.2, 0) is 21.4 Å². The molecule has 0 bridgehead atoms. The number of nitrogens with zero attached hydrogens (tertiary/aromatic N) is 4. The van der Waals surface area contributed by atoms with Crippen LogP contribution in [0.2, 0.25) is 5.02 Å². The predicted octanol–water partition coefficient (Wildman–Crippen LogP) is 3.64. The Morgan fingerprint density at radius 3 is 2.82 bits per heavy atom. The molecule has 4 rings (SSSR count). The van der Waals surface area contributed by atoms with Gasteiger partial charge in [0.1, 0.15) is 0 Å². The molecule has 0 radical (unpaired) electrons. The van der Waals surface area contributed by atoms with Crippen LogP contribution in [0.15, 0.2) is 53.1 Å². The van der Waals surface area contributed by atoms with Crippen molar-refractivity contribution in [3.8, 4) is 11.4 Å². The standard InChI is InChI=1S/C23H26ClN5O4S/c1-28(34(2,31)32)18-9-5-8-17(13-18)25-23(30)16-7-6-12-29(14-16)15-21-26-22(27-33-21)19-10-3-4-11-20(19)24/h3-5,8-11,13,16H,6-7,12,14-15H2,1-2H3,(H,25,30). The maximum absolute atomic E-state index is 12.9. The fourth-order valence-electron chi connectivity index (χ4n) is 3.89. The Balaban J connectivity index is 1.38. The number of likely N-dealkylation sites (tertiary alicyclic amines) is 1. The zero-order valence-corrected chi connectivity index (χ0v) is 20.5. The van der Waals surface area contributed by atoms with Gasteiger partial charge in [0.25, 0.3) is 0 Å². The summed E-state index contributed by atoms with van der Waals surface area (Å²) in [5, 5.41) is 7.51. The van der Waals surface area contributed by atoms with E-state index >= 15 is 0 Å². The van der Waals surface area contributed by atoms with E-state index in [-0.39, 0.29) is 11.8 Å². The fourth-order valence-corrected chi connectivity index (χ4v) is 4.61. The van der Waals surface area contributed by atoms with Crippen molar-refractivity contribution >= 4 is 38.9 Å². The normalized spacial score (nSPS) is 16.9. The van der Waals surface area contributed by atoms with Gasteiger partial charge < -0.3 is 9.84 Å². The third-order valence-corrected chi connectivity index (χ3v) is 7.33. The van der Waals surface area contributed by atoms with Gasteiger partial charge in [0.05, 0.1) is 29.4 Å². The third-order valence-electron chi connectivity index (χ3n) is 5.79. The number of amides is 1. The molecular formula is C23H26ClN5O4S. The van der Waals surface area contributed by atoms with E-state index in [1.807, 2.05) is 18.2 Å². The number of anilines is 2. The van der Waals surface area contributed by atoms with Crippen LogP contribution in [0.5, 0.6) is 0 Å². The number of carbonyl (C=O) groups excluding carboxylic acids is 1. The molecule has 1 atom stereocenters. The minimum Gasteiger partial charge on any atom is -0.338 e. The molecule has 11 heteroatoms. The van der Waals surface area contributed by atoms with Gasteiger partial charge in [-0.05, 0) is 49.7 Å². The van der Waals surface area contributed by atoms with Crippen molar-refractivity contribution in [3.63, 3.8) is 0 Å². The van der Waals surface area contributed by atoms with E-state index in [0.29, 0.717) is 46.8 Å². The number of hydrogen-bond donors (Lipinski definition) is 1. The fraction of sp³-hybridized carbons (Fsp3) is 0.348. The lowest BCUT2D eigenvalue weighted by atomic mass is 9.97. The first-order chi connectivity index (χ1) is 16.2. The summed E-state index contributed by atoms with van der Waals surface area (Å²) >= 11 is 6.22. The maximum Gasteiger partial charge on any atom is 0.241 e. The molecule has 180 valence electrons. The largest absolute Gasteiger partial charge is 0.338 e. The highest BCUT2D eigenvalue weighted by atomic mass is 35.5. The van der Waals surface area contributed by atoms with Crippen molar-refractivity contribution < 1.29 is 17.7 Å². The Hall–Kier alpha value is -2.95. The van der Waals surface area contributed by atoms with Crippen LogP contribution >= 0.6 is 11.6 Å². The smallest absolute Gasteiger partial charge is 0.241 e. The quantitative estimate of drug-likeness (QED) is 0.524. The average molecular weight is 504 g/mol. The van der Waals surface area contributed by atoms with E-state index < -0.39 is 10.0 Å². The summed E-state index contributed by atoms with van der Waals surface area (Å²) in [6, 6.07) is 14.1. The Kier molecular flexibility index (Phi) is 7.20. The third kappa shape index (κ3) is 5.75. The zero-order valence-electron chi connectivity index (χ0n) is 18.9. The van der Waals surface area contributed by atoms with Crippen LogP contribution in [0.4, 0.5) is 11.4 Å². The van der Waals surface area contributed by atoms with Crippen molar-refractivity contribution in [2.75, 3.05) is 36.0 Å². The summed E-state index contributed by atoms with van der Waals surface area (Å²) in [4.78, 5) is 19.5. The molecule has 0 saturated carbocycles. The molecule has 9 nitrogen and oxygen atoms in total. The highest BCUT2D eigenvalue weighted by molar-refractivity contribution is 7.92. The first kappa shape index (κ1) is 24.2. The van der Waals surface area contributed by atoms with Crippen LogP contribution in [0, 0.1) is 5.92 Å².